The predicted molar refractivity (Wildman–Crippen MR) is 163 cm³/mol. The number of carbonyl (C=O) groups is 2. The number of ether oxygens (including phenoxy) is 2. The zero-order valence-corrected chi connectivity index (χ0v) is 24.4. The number of hydrogen-bond acceptors (Lipinski definition) is 8. The number of benzene rings is 3. The van der Waals surface area contributed by atoms with Gasteiger partial charge in [-0.2, -0.15) is 0 Å². The van der Waals surface area contributed by atoms with E-state index in [0.29, 0.717) is 34.4 Å². The third kappa shape index (κ3) is 4.90. The minimum Gasteiger partial charge on any atom is -0.503 e. The normalized spacial score (nSPS) is 15.3. The van der Waals surface area contributed by atoms with E-state index >= 15 is 0 Å². The van der Waals surface area contributed by atoms with Crippen molar-refractivity contribution in [3.63, 3.8) is 0 Å². The number of thiazole rings is 1. The van der Waals surface area contributed by atoms with Gasteiger partial charge in [-0.3, -0.25) is 14.5 Å². The number of aryl methyl sites for hydroxylation is 1. The van der Waals surface area contributed by atoms with E-state index in [4.69, 9.17) is 18.9 Å². The number of furan rings is 1. The summed E-state index contributed by atoms with van der Waals surface area (Å²) in [6, 6.07) is 19.0. The number of para-hydroxylation sites is 1. The van der Waals surface area contributed by atoms with Crippen LogP contribution in [0.2, 0.25) is 0 Å². The van der Waals surface area contributed by atoms with Gasteiger partial charge < -0.3 is 19.0 Å². The van der Waals surface area contributed by atoms with E-state index in [-0.39, 0.29) is 11.3 Å². The Morgan fingerprint density at radius 2 is 1.90 bits per heavy atom. The van der Waals surface area contributed by atoms with Crippen molar-refractivity contribution >= 4 is 49.3 Å². The lowest BCUT2D eigenvalue weighted by atomic mass is 9.95. The largest absolute Gasteiger partial charge is 0.503 e. The van der Waals surface area contributed by atoms with E-state index in [1.165, 1.54) is 16.2 Å². The van der Waals surface area contributed by atoms with Gasteiger partial charge in [0.05, 0.1) is 35.5 Å². The zero-order chi connectivity index (χ0) is 29.4. The number of methoxy groups -OCH3 is 1. The molecule has 0 saturated carbocycles. The molecule has 42 heavy (non-hydrogen) atoms. The average molecular weight is 583 g/mol. The molecule has 2 aromatic heterocycles. The van der Waals surface area contributed by atoms with E-state index in [0.717, 1.165) is 40.4 Å². The Kier molecular flexibility index (Phi) is 7.43. The smallest absolute Gasteiger partial charge is 0.296 e. The molecule has 5 aromatic rings. The van der Waals surface area contributed by atoms with Crippen LogP contribution in [0.15, 0.2) is 82.5 Å². The molecular formula is C33H30N2O6S. The summed E-state index contributed by atoms with van der Waals surface area (Å²) in [5.74, 6) is -0.894. The molecule has 3 aromatic carbocycles. The SMILES string of the molecule is CCCCCOc1ccc(C2C(C(=O)c3cc4ccccc4o3)=C(O)C(=O)N2c2nc3ccc(C)cc3s2)cc1OC. The molecule has 0 aliphatic carbocycles. The number of unbranched alkanes of at least 4 members (excludes halogenated alkanes) is 2. The fourth-order valence-corrected chi connectivity index (χ4v) is 6.30. The highest BCUT2D eigenvalue weighted by molar-refractivity contribution is 7.22. The molecule has 1 unspecified atom stereocenters. The lowest BCUT2D eigenvalue weighted by molar-refractivity contribution is -0.117. The molecule has 0 bridgehead atoms. The molecule has 6 rings (SSSR count). The standard InChI is InChI=1S/C33H30N2O6S/c1-4-5-8-15-40-24-14-12-21(18-25(24)39-3)29-28(30(36)26-17-20-9-6-7-10-23(20)41-26)31(37)32(38)35(29)33-34-22-13-11-19(2)16-27(22)42-33/h6-7,9-14,16-18,29,37H,4-5,8,15H2,1-3H3. The number of fused-ring (bicyclic) bond motifs is 2. The van der Waals surface area contributed by atoms with Crippen molar-refractivity contribution < 1.29 is 28.6 Å². The maximum absolute atomic E-state index is 14.0. The maximum Gasteiger partial charge on any atom is 0.296 e. The van der Waals surface area contributed by atoms with Crippen molar-refractivity contribution in [1.82, 2.24) is 4.98 Å². The van der Waals surface area contributed by atoms with Crippen LogP contribution in [0.25, 0.3) is 21.2 Å². The van der Waals surface area contributed by atoms with Crippen LogP contribution in [0.5, 0.6) is 11.5 Å². The van der Waals surface area contributed by atoms with Gasteiger partial charge >= 0.3 is 0 Å². The van der Waals surface area contributed by atoms with E-state index in [9.17, 15) is 14.7 Å². The summed E-state index contributed by atoms with van der Waals surface area (Å²) in [5, 5.41) is 12.3. The van der Waals surface area contributed by atoms with Gasteiger partial charge in [0, 0.05) is 5.39 Å². The number of nitrogens with zero attached hydrogens (tertiary/aromatic N) is 2. The van der Waals surface area contributed by atoms with Crippen LogP contribution in [-0.2, 0) is 4.79 Å². The van der Waals surface area contributed by atoms with Gasteiger partial charge in [0.2, 0.25) is 5.78 Å². The van der Waals surface area contributed by atoms with E-state index < -0.39 is 23.5 Å². The lowest BCUT2D eigenvalue weighted by Crippen LogP contribution is -2.31. The highest BCUT2D eigenvalue weighted by atomic mass is 32.1. The summed E-state index contributed by atoms with van der Waals surface area (Å²) in [6.07, 6.45) is 3.04. The molecule has 214 valence electrons. The number of Topliss-reactive ketones (excluding diaryl/α,β-unsaturated/α-hetero) is 1. The Balaban J connectivity index is 1.46. The molecule has 9 heteroatoms. The van der Waals surface area contributed by atoms with Crippen LogP contribution >= 0.6 is 11.3 Å². The molecule has 0 fully saturated rings. The number of ketones is 1. The molecule has 3 heterocycles. The van der Waals surface area contributed by atoms with Crippen molar-refractivity contribution in [2.45, 2.75) is 39.2 Å². The summed E-state index contributed by atoms with van der Waals surface area (Å²) >= 11 is 1.32. The van der Waals surface area contributed by atoms with Crippen molar-refractivity contribution in [2.24, 2.45) is 0 Å². The highest BCUT2D eigenvalue weighted by Crippen LogP contribution is 2.46. The van der Waals surface area contributed by atoms with Crippen LogP contribution < -0.4 is 14.4 Å². The van der Waals surface area contributed by atoms with Crippen LogP contribution in [0.3, 0.4) is 0 Å². The third-order valence-electron chi connectivity index (χ3n) is 7.35. The number of anilines is 1. The van der Waals surface area contributed by atoms with Crippen LogP contribution in [0.1, 0.15) is 53.9 Å². The number of aliphatic hydroxyl groups is 1. The minimum atomic E-state index is -0.983. The Morgan fingerprint density at radius 3 is 2.69 bits per heavy atom. The second-order valence-corrected chi connectivity index (χ2v) is 11.3. The molecule has 0 spiro atoms. The number of aromatic nitrogens is 1. The van der Waals surface area contributed by atoms with Crippen molar-refractivity contribution in [2.75, 3.05) is 18.6 Å². The van der Waals surface area contributed by atoms with Crippen molar-refractivity contribution in [3.8, 4) is 11.5 Å². The van der Waals surface area contributed by atoms with Gasteiger partial charge in [0.15, 0.2) is 28.1 Å². The quantitative estimate of drug-likeness (QED) is 0.133. The summed E-state index contributed by atoms with van der Waals surface area (Å²) in [7, 11) is 1.54. The Hall–Kier alpha value is -4.63. The van der Waals surface area contributed by atoms with Crippen molar-refractivity contribution in [3.05, 3.63) is 94.9 Å². The second kappa shape index (κ2) is 11.3. The Bertz CT molecular complexity index is 1820. The summed E-state index contributed by atoms with van der Waals surface area (Å²) in [6.45, 7) is 4.65. The fraction of sp³-hybridized carbons (Fsp3) is 0.242. The molecule has 0 saturated heterocycles. The first-order valence-corrected chi connectivity index (χ1v) is 14.7. The van der Waals surface area contributed by atoms with E-state index in [1.54, 1.807) is 37.4 Å². The number of aliphatic hydroxyl groups excluding tert-OH is 1. The minimum absolute atomic E-state index is 0.0279. The number of amides is 1. The average Bonchev–Trinajstić information content (AvgIpc) is 3.69. The molecule has 1 N–H and O–H groups in total. The van der Waals surface area contributed by atoms with Gasteiger partial charge in [0.1, 0.15) is 5.58 Å². The van der Waals surface area contributed by atoms with E-state index in [1.807, 2.05) is 43.3 Å². The molecule has 1 aliphatic heterocycles. The topological polar surface area (TPSA) is 102 Å². The summed E-state index contributed by atoms with van der Waals surface area (Å²) in [4.78, 5) is 33.8. The van der Waals surface area contributed by atoms with Gasteiger partial charge in [-0.25, -0.2) is 4.98 Å². The lowest BCUT2D eigenvalue weighted by Gasteiger charge is -2.25. The zero-order valence-electron chi connectivity index (χ0n) is 23.5. The number of hydrogen-bond donors (Lipinski definition) is 1. The summed E-state index contributed by atoms with van der Waals surface area (Å²) < 4.78 is 18.4. The van der Waals surface area contributed by atoms with Crippen LogP contribution in [-0.4, -0.2) is 35.5 Å². The summed E-state index contributed by atoms with van der Waals surface area (Å²) in [5.41, 5.74) is 2.78. The Morgan fingerprint density at radius 1 is 1.07 bits per heavy atom. The van der Waals surface area contributed by atoms with Crippen LogP contribution in [0, 0.1) is 6.92 Å². The molecule has 1 amide bonds. The first-order valence-electron chi connectivity index (χ1n) is 13.9. The molecule has 8 nitrogen and oxygen atoms in total. The predicted octanol–water partition coefficient (Wildman–Crippen LogP) is 7.71. The molecule has 0 radical (unpaired) electrons. The monoisotopic (exact) mass is 582 g/mol. The number of carbonyl (C=O) groups excluding carboxylic acids is 2. The molecule has 1 aliphatic rings. The van der Waals surface area contributed by atoms with Crippen LogP contribution in [0.4, 0.5) is 5.13 Å². The number of rotatable bonds is 10. The van der Waals surface area contributed by atoms with Gasteiger partial charge in [-0.15, -0.1) is 0 Å². The Labute approximate surface area is 246 Å². The highest BCUT2D eigenvalue weighted by Gasteiger charge is 2.47. The van der Waals surface area contributed by atoms with E-state index in [2.05, 4.69) is 6.92 Å². The fourth-order valence-electron chi connectivity index (χ4n) is 5.21. The maximum atomic E-state index is 14.0. The van der Waals surface area contributed by atoms with Gasteiger partial charge in [-0.05, 0) is 60.9 Å². The third-order valence-corrected chi connectivity index (χ3v) is 8.37. The molecule has 1 atom stereocenters. The first-order chi connectivity index (χ1) is 20.4. The molecular weight excluding hydrogens is 552 g/mol. The second-order valence-electron chi connectivity index (χ2n) is 10.3. The van der Waals surface area contributed by atoms with Crippen molar-refractivity contribution in [1.29, 1.82) is 0 Å². The van der Waals surface area contributed by atoms with Gasteiger partial charge in [-0.1, -0.05) is 61.4 Å². The van der Waals surface area contributed by atoms with Gasteiger partial charge in [0.25, 0.3) is 5.91 Å². The first kappa shape index (κ1) is 27.5.